The van der Waals surface area contributed by atoms with Crippen molar-refractivity contribution >= 4 is 34.4 Å². The molecular formula is C17H20ClN5O. The van der Waals surface area contributed by atoms with E-state index >= 15 is 0 Å². The highest BCUT2D eigenvalue weighted by Crippen LogP contribution is 2.18. The molecule has 0 radical (unpaired) electrons. The molecule has 0 bridgehead atoms. The second kappa shape index (κ2) is 8.19. The third-order valence-electron chi connectivity index (χ3n) is 3.90. The largest absolute Gasteiger partial charge is 0.404 e. The summed E-state index contributed by atoms with van der Waals surface area (Å²) < 4.78 is 5.33. The number of fused-ring (bicyclic) bond motifs is 1. The third-order valence-corrected chi connectivity index (χ3v) is 4.11. The maximum absolute atomic E-state index is 5.94. The average molecular weight is 346 g/mol. The zero-order valence-electron chi connectivity index (χ0n) is 13.4. The van der Waals surface area contributed by atoms with Crippen LogP contribution in [0.15, 0.2) is 35.6 Å². The lowest BCUT2D eigenvalue weighted by atomic mass is 10.1. The Kier molecular flexibility index (Phi) is 5.74. The normalized spacial score (nSPS) is 17.0. The van der Waals surface area contributed by atoms with E-state index in [0.29, 0.717) is 5.15 Å². The van der Waals surface area contributed by atoms with Crippen molar-refractivity contribution in [3.8, 4) is 0 Å². The number of hydrogen-bond donors (Lipinski definition) is 1. The van der Waals surface area contributed by atoms with Gasteiger partial charge in [0.2, 0.25) is 0 Å². The summed E-state index contributed by atoms with van der Waals surface area (Å²) >= 11 is 5.94. The number of hydrogen-bond acceptors (Lipinski definition) is 6. The molecule has 1 saturated heterocycles. The van der Waals surface area contributed by atoms with Gasteiger partial charge in [0.05, 0.1) is 30.8 Å². The van der Waals surface area contributed by atoms with Crippen molar-refractivity contribution in [1.82, 2.24) is 14.9 Å². The van der Waals surface area contributed by atoms with E-state index in [1.165, 1.54) is 6.20 Å². The number of nitrogens with zero attached hydrogens (tertiary/aromatic N) is 4. The summed E-state index contributed by atoms with van der Waals surface area (Å²) in [5.41, 5.74) is 8.96. The molecule has 0 saturated carbocycles. The van der Waals surface area contributed by atoms with Crippen LogP contribution in [0.4, 0.5) is 0 Å². The topological polar surface area (TPSA) is 76.6 Å². The Morgan fingerprint density at radius 3 is 2.96 bits per heavy atom. The maximum Gasteiger partial charge on any atom is 0.129 e. The van der Waals surface area contributed by atoms with Crippen molar-refractivity contribution in [3.63, 3.8) is 0 Å². The van der Waals surface area contributed by atoms with Crippen molar-refractivity contribution in [2.75, 3.05) is 39.4 Å². The fourth-order valence-corrected chi connectivity index (χ4v) is 2.69. The molecule has 1 aliphatic heterocycles. The summed E-state index contributed by atoms with van der Waals surface area (Å²) in [7, 11) is 0. The van der Waals surface area contributed by atoms with Crippen molar-refractivity contribution in [3.05, 3.63) is 41.3 Å². The summed E-state index contributed by atoms with van der Waals surface area (Å²) in [4.78, 5) is 15.5. The monoisotopic (exact) mass is 345 g/mol. The molecule has 3 heterocycles. The molecule has 6 nitrogen and oxygen atoms in total. The number of pyridine rings is 2. The summed E-state index contributed by atoms with van der Waals surface area (Å²) in [6, 6.07) is 5.49. The molecular weight excluding hydrogens is 326 g/mol. The summed E-state index contributed by atoms with van der Waals surface area (Å²) in [6.07, 6.45) is 5.09. The van der Waals surface area contributed by atoms with Gasteiger partial charge in [-0.05, 0) is 18.2 Å². The van der Waals surface area contributed by atoms with Gasteiger partial charge in [-0.25, -0.2) is 4.98 Å². The molecule has 2 aromatic heterocycles. The first kappa shape index (κ1) is 16.8. The van der Waals surface area contributed by atoms with Gasteiger partial charge in [-0.3, -0.25) is 14.9 Å². The molecule has 7 heteroatoms. The first-order valence-electron chi connectivity index (χ1n) is 7.91. The van der Waals surface area contributed by atoms with Crippen LogP contribution in [0.2, 0.25) is 5.15 Å². The Morgan fingerprint density at radius 1 is 1.33 bits per heavy atom. The molecule has 24 heavy (non-hydrogen) atoms. The smallest absolute Gasteiger partial charge is 0.129 e. The van der Waals surface area contributed by atoms with Crippen LogP contribution >= 0.6 is 11.6 Å². The van der Waals surface area contributed by atoms with E-state index in [1.807, 2.05) is 12.1 Å². The van der Waals surface area contributed by atoms with Gasteiger partial charge in [0.25, 0.3) is 0 Å². The number of ether oxygens (including phenoxy) is 1. The van der Waals surface area contributed by atoms with Gasteiger partial charge in [0, 0.05) is 49.4 Å². The van der Waals surface area contributed by atoms with Crippen LogP contribution in [0.1, 0.15) is 5.56 Å². The molecule has 1 fully saturated rings. The van der Waals surface area contributed by atoms with Crippen molar-refractivity contribution in [2.24, 2.45) is 10.7 Å². The number of rotatable bonds is 5. The Hall–Kier alpha value is -2.02. The molecule has 0 atom stereocenters. The number of aromatic nitrogens is 2. The highest BCUT2D eigenvalue weighted by molar-refractivity contribution is 6.29. The minimum atomic E-state index is 0.443. The standard InChI is InChI=1S/C17H20ClN5O/c18-17-2-1-15-16(22-17)9-13(12-21-15)14(10-19)11-20-3-4-23-5-7-24-8-6-23/h1-2,9-12H,3-8,19H2. The van der Waals surface area contributed by atoms with E-state index in [0.717, 1.165) is 61.6 Å². The zero-order chi connectivity index (χ0) is 16.8. The van der Waals surface area contributed by atoms with Crippen LogP contribution in [0.5, 0.6) is 0 Å². The van der Waals surface area contributed by atoms with Gasteiger partial charge in [-0.2, -0.15) is 0 Å². The van der Waals surface area contributed by atoms with Gasteiger partial charge < -0.3 is 10.5 Å². The lowest BCUT2D eigenvalue weighted by molar-refractivity contribution is 0.0395. The number of nitrogens with two attached hydrogens (primary N) is 1. The molecule has 0 spiro atoms. The van der Waals surface area contributed by atoms with Gasteiger partial charge in [-0.15, -0.1) is 0 Å². The number of aliphatic imine (C=N–C) groups is 1. The van der Waals surface area contributed by atoms with E-state index in [4.69, 9.17) is 22.1 Å². The molecule has 1 aliphatic rings. The predicted molar refractivity (Wildman–Crippen MR) is 97.3 cm³/mol. The van der Waals surface area contributed by atoms with E-state index < -0.39 is 0 Å². The Morgan fingerprint density at radius 2 is 2.17 bits per heavy atom. The lowest BCUT2D eigenvalue weighted by Gasteiger charge is -2.25. The van der Waals surface area contributed by atoms with Gasteiger partial charge in [-0.1, -0.05) is 11.6 Å². The Bertz CT molecular complexity index is 756. The van der Waals surface area contributed by atoms with E-state index in [9.17, 15) is 0 Å². The Balaban J connectivity index is 1.66. The van der Waals surface area contributed by atoms with E-state index in [-0.39, 0.29) is 0 Å². The zero-order valence-corrected chi connectivity index (χ0v) is 14.1. The Labute approximate surface area is 146 Å². The highest BCUT2D eigenvalue weighted by Gasteiger charge is 2.09. The molecule has 3 rings (SSSR count). The molecule has 0 amide bonds. The number of allylic oxidation sites excluding steroid dienone is 1. The minimum Gasteiger partial charge on any atom is -0.404 e. The third kappa shape index (κ3) is 4.29. The minimum absolute atomic E-state index is 0.443. The molecule has 126 valence electrons. The first-order valence-corrected chi connectivity index (χ1v) is 8.28. The fourth-order valence-electron chi connectivity index (χ4n) is 2.54. The second-order valence-electron chi connectivity index (χ2n) is 5.51. The summed E-state index contributed by atoms with van der Waals surface area (Å²) in [5, 5.41) is 0.443. The number of morpholine rings is 1. The van der Waals surface area contributed by atoms with Gasteiger partial charge in [0.1, 0.15) is 5.15 Å². The lowest BCUT2D eigenvalue weighted by Crippen LogP contribution is -2.37. The van der Waals surface area contributed by atoms with Crippen LogP contribution in [0, 0.1) is 0 Å². The first-order chi connectivity index (χ1) is 11.8. The molecule has 2 N–H and O–H groups in total. The van der Waals surface area contributed by atoms with Crippen molar-refractivity contribution in [1.29, 1.82) is 0 Å². The number of halogens is 1. The summed E-state index contributed by atoms with van der Waals surface area (Å²) in [5.74, 6) is 0. The molecule has 0 aromatic carbocycles. The molecule has 0 aliphatic carbocycles. The summed E-state index contributed by atoms with van der Waals surface area (Å²) in [6.45, 7) is 5.19. The van der Waals surface area contributed by atoms with Gasteiger partial charge in [0.15, 0.2) is 0 Å². The fraction of sp³-hybridized carbons (Fsp3) is 0.353. The molecule has 0 unspecified atom stereocenters. The highest BCUT2D eigenvalue weighted by atomic mass is 35.5. The second-order valence-corrected chi connectivity index (χ2v) is 5.89. The van der Waals surface area contributed by atoms with Crippen LogP contribution in [0.25, 0.3) is 16.6 Å². The SMILES string of the molecule is NC=C(C=NCCN1CCOCC1)c1cnc2ccc(Cl)nc2c1. The van der Waals surface area contributed by atoms with Gasteiger partial charge >= 0.3 is 0 Å². The van der Waals surface area contributed by atoms with E-state index in [2.05, 4.69) is 19.9 Å². The van der Waals surface area contributed by atoms with Crippen molar-refractivity contribution in [2.45, 2.75) is 0 Å². The maximum atomic E-state index is 5.94. The van der Waals surface area contributed by atoms with Crippen molar-refractivity contribution < 1.29 is 4.74 Å². The van der Waals surface area contributed by atoms with Crippen LogP contribution in [-0.2, 0) is 4.74 Å². The molecule has 2 aromatic rings. The quantitative estimate of drug-likeness (QED) is 0.662. The van der Waals surface area contributed by atoms with Crippen LogP contribution < -0.4 is 5.73 Å². The predicted octanol–water partition coefficient (Wildman–Crippen LogP) is 1.99. The van der Waals surface area contributed by atoms with Crippen LogP contribution in [0.3, 0.4) is 0 Å². The average Bonchev–Trinajstić information content (AvgIpc) is 2.62. The van der Waals surface area contributed by atoms with E-state index in [1.54, 1.807) is 18.5 Å². The van der Waals surface area contributed by atoms with Crippen LogP contribution in [-0.4, -0.2) is 60.5 Å².